The van der Waals surface area contributed by atoms with Gasteiger partial charge in [0.2, 0.25) is 5.95 Å². The summed E-state index contributed by atoms with van der Waals surface area (Å²) < 4.78 is 16.2. The first-order valence-electron chi connectivity index (χ1n) is 14.6. The Balaban J connectivity index is 0.000000371. The molecule has 0 spiro atoms. The van der Waals surface area contributed by atoms with Gasteiger partial charge in [-0.1, -0.05) is 29.3 Å². The molecular formula is C31H36Cl2N10O4. The minimum absolute atomic E-state index is 0.292. The number of aromatic amines is 2. The first-order valence-corrected chi connectivity index (χ1v) is 15.4. The number of hydrogen-bond donors (Lipinski definition) is 4. The number of morpholine rings is 1. The van der Waals surface area contributed by atoms with Crippen LogP contribution in [-0.4, -0.2) is 100 Å². The lowest BCUT2D eigenvalue weighted by molar-refractivity contribution is 0.0337. The molecule has 0 bridgehead atoms. The maximum atomic E-state index is 13.3. The standard InChI is InChI=1S/C25H24Cl2N6O4.C6H12N4/c1-35-17-11-18(36-2)21(27)19(20(17)26)15-3-4-16(23-22(15)28-5-6-29-23)24(34)32-25-30-12-14(31-25)13-33-7-9-37-10-8-33;1-10(2)4-5-3-8-6(7)9-5/h3-6,11-12H,7-10,13H2,1-2H3,(H2,30,31,32,34);3H,4H2,1-2H3,(H3,7,8,9). The van der Waals surface area contributed by atoms with Gasteiger partial charge in [-0.25, -0.2) is 9.97 Å². The van der Waals surface area contributed by atoms with Gasteiger partial charge in [0.25, 0.3) is 5.91 Å². The fourth-order valence-electron chi connectivity index (χ4n) is 5.04. The van der Waals surface area contributed by atoms with Gasteiger partial charge in [-0.3, -0.25) is 25.0 Å². The number of carbonyl (C=O) groups excluding carboxylic acids is 1. The molecule has 0 saturated carbocycles. The van der Waals surface area contributed by atoms with Crippen LogP contribution in [0.15, 0.2) is 43.0 Å². The summed E-state index contributed by atoms with van der Waals surface area (Å²) in [6.07, 6.45) is 6.52. The zero-order valence-electron chi connectivity index (χ0n) is 26.4. The van der Waals surface area contributed by atoms with E-state index in [1.807, 2.05) is 19.0 Å². The monoisotopic (exact) mass is 682 g/mol. The smallest absolute Gasteiger partial charge is 0.260 e. The summed E-state index contributed by atoms with van der Waals surface area (Å²) in [6, 6.07) is 4.99. The molecule has 47 heavy (non-hydrogen) atoms. The Hall–Kier alpha value is -4.47. The highest BCUT2D eigenvalue weighted by molar-refractivity contribution is 6.41. The molecule has 1 aliphatic heterocycles. The number of H-pyrrole nitrogens is 2. The number of nitrogens with zero attached hydrogens (tertiary/aromatic N) is 6. The third-order valence-corrected chi connectivity index (χ3v) is 7.96. The summed E-state index contributed by atoms with van der Waals surface area (Å²) in [5.74, 6) is 1.23. The van der Waals surface area contributed by atoms with E-state index in [4.69, 9.17) is 43.1 Å². The number of methoxy groups -OCH3 is 2. The number of anilines is 2. The normalized spacial score (nSPS) is 13.3. The molecule has 5 N–H and O–H groups in total. The summed E-state index contributed by atoms with van der Waals surface area (Å²) in [4.78, 5) is 40.8. The van der Waals surface area contributed by atoms with Crippen LogP contribution >= 0.6 is 23.2 Å². The van der Waals surface area contributed by atoms with Gasteiger partial charge in [0, 0.05) is 55.8 Å². The van der Waals surface area contributed by atoms with Crippen LogP contribution in [0.3, 0.4) is 0 Å². The van der Waals surface area contributed by atoms with Crippen LogP contribution in [0.5, 0.6) is 11.5 Å². The zero-order valence-corrected chi connectivity index (χ0v) is 27.9. The van der Waals surface area contributed by atoms with Crippen molar-refractivity contribution >= 4 is 52.0 Å². The van der Waals surface area contributed by atoms with Crippen molar-refractivity contribution in [2.24, 2.45) is 0 Å². The number of amides is 1. The summed E-state index contributed by atoms with van der Waals surface area (Å²) in [5, 5.41) is 3.40. The molecule has 0 atom stereocenters. The number of imidazole rings is 2. The van der Waals surface area contributed by atoms with E-state index in [1.54, 1.807) is 30.6 Å². The number of benzene rings is 2. The zero-order chi connectivity index (χ0) is 33.5. The van der Waals surface area contributed by atoms with Gasteiger partial charge in [0.05, 0.1) is 72.3 Å². The van der Waals surface area contributed by atoms with Gasteiger partial charge >= 0.3 is 0 Å². The number of fused-ring (bicyclic) bond motifs is 1. The lowest BCUT2D eigenvalue weighted by atomic mass is 9.99. The minimum Gasteiger partial charge on any atom is -0.495 e. The number of ether oxygens (including phenoxy) is 3. The highest BCUT2D eigenvalue weighted by Gasteiger charge is 2.23. The molecule has 4 heterocycles. The van der Waals surface area contributed by atoms with E-state index in [0.717, 1.165) is 31.0 Å². The molecule has 0 radical (unpaired) electrons. The summed E-state index contributed by atoms with van der Waals surface area (Å²) >= 11 is 13.3. The lowest BCUT2D eigenvalue weighted by Crippen LogP contribution is -2.35. The van der Waals surface area contributed by atoms with Crippen LogP contribution in [0.25, 0.3) is 22.2 Å². The molecule has 6 rings (SSSR count). The van der Waals surface area contributed by atoms with E-state index >= 15 is 0 Å². The van der Waals surface area contributed by atoms with Gasteiger partial charge in [0.1, 0.15) is 17.0 Å². The topological polar surface area (TPSA) is 172 Å². The molecule has 1 fully saturated rings. The van der Waals surface area contributed by atoms with E-state index in [-0.39, 0.29) is 5.91 Å². The molecule has 2 aromatic carbocycles. The van der Waals surface area contributed by atoms with Gasteiger partial charge in [-0.15, -0.1) is 0 Å². The van der Waals surface area contributed by atoms with E-state index in [2.05, 4.69) is 40.1 Å². The lowest BCUT2D eigenvalue weighted by Gasteiger charge is -2.25. The predicted octanol–water partition coefficient (Wildman–Crippen LogP) is 4.48. The van der Waals surface area contributed by atoms with Crippen molar-refractivity contribution in [3.05, 3.63) is 70.0 Å². The van der Waals surface area contributed by atoms with Gasteiger partial charge in [-0.05, 0) is 20.2 Å². The van der Waals surface area contributed by atoms with E-state index < -0.39 is 0 Å². The van der Waals surface area contributed by atoms with Crippen molar-refractivity contribution in [3.63, 3.8) is 0 Å². The van der Waals surface area contributed by atoms with Crippen LogP contribution < -0.4 is 20.5 Å². The minimum atomic E-state index is -0.385. The van der Waals surface area contributed by atoms with Crippen molar-refractivity contribution in [3.8, 4) is 22.6 Å². The second kappa shape index (κ2) is 15.4. The number of rotatable bonds is 9. The molecule has 1 amide bonds. The molecule has 248 valence electrons. The second-order valence-corrected chi connectivity index (χ2v) is 11.6. The van der Waals surface area contributed by atoms with Crippen LogP contribution in [0.2, 0.25) is 10.0 Å². The van der Waals surface area contributed by atoms with Gasteiger partial charge < -0.3 is 34.8 Å². The molecule has 14 nitrogen and oxygen atoms in total. The van der Waals surface area contributed by atoms with Crippen molar-refractivity contribution in [2.45, 2.75) is 13.1 Å². The average Bonchev–Trinajstić information content (AvgIpc) is 3.69. The van der Waals surface area contributed by atoms with Gasteiger partial charge in [0.15, 0.2) is 5.95 Å². The summed E-state index contributed by atoms with van der Waals surface area (Å²) in [7, 11) is 7.00. The number of nitrogens with one attached hydrogen (secondary N) is 3. The molecule has 0 aliphatic carbocycles. The Morgan fingerprint density at radius 2 is 1.64 bits per heavy atom. The number of aromatic nitrogens is 6. The number of carbonyl (C=O) groups is 1. The fourth-order valence-corrected chi connectivity index (χ4v) is 5.74. The van der Waals surface area contributed by atoms with Gasteiger partial charge in [-0.2, -0.15) is 0 Å². The Labute approximate surface area is 281 Å². The number of halogens is 2. The Morgan fingerprint density at radius 1 is 0.979 bits per heavy atom. The summed E-state index contributed by atoms with van der Waals surface area (Å²) in [5.41, 5.74) is 9.51. The van der Waals surface area contributed by atoms with E-state index in [0.29, 0.717) is 80.9 Å². The van der Waals surface area contributed by atoms with Crippen LogP contribution in [0.4, 0.5) is 11.9 Å². The SMILES string of the molecule is CN(C)Cc1cnc(N)[nH]1.COc1cc(OC)c(Cl)c(-c2ccc(C(=O)Nc3ncc(CN4CCOCC4)[nH]3)c3nccnc23)c1Cl. The van der Waals surface area contributed by atoms with E-state index in [9.17, 15) is 4.79 Å². The Kier molecular flexibility index (Phi) is 11.1. The summed E-state index contributed by atoms with van der Waals surface area (Å²) in [6.45, 7) is 4.67. The fraction of sp³-hybridized carbons (Fsp3) is 0.323. The van der Waals surface area contributed by atoms with Crippen molar-refractivity contribution in [1.82, 2.24) is 39.7 Å². The van der Waals surface area contributed by atoms with Crippen molar-refractivity contribution in [1.29, 1.82) is 0 Å². The largest absolute Gasteiger partial charge is 0.495 e. The quantitative estimate of drug-likeness (QED) is 0.173. The molecule has 0 unspecified atom stereocenters. The first-order chi connectivity index (χ1) is 22.7. The second-order valence-electron chi connectivity index (χ2n) is 10.8. The van der Waals surface area contributed by atoms with Crippen LogP contribution in [-0.2, 0) is 17.8 Å². The van der Waals surface area contributed by atoms with Crippen molar-refractivity contribution in [2.75, 3.05) is 65.7 Å². The van der Waals surface area contributed by atoms with Crippen LogP contribution in [0, 0.1) is 0 Å². The van der Waals surface area contributed by atoms with Crippen LogP contribution in [0.1, 0.15) is 21.7 Å². The third kappa shape index (κ3) is 8.10. The number of nitrogen functional groups attached to an aromatic ring is 1. The Bertz CT molecular complexity index is 1810. The molecule has 3 aromatic heterocycles. The predicted molar refractivity (Wildman–Crippen MR) is 181 cm³/mol. The molecular weight excluding hydrogens is 647 g/mol. The number of hydrogen-bond acceptors (Lipinski definition) is 11. The molecule has 16 heteroatoms. The highest BCUT2D eigenvalue weighted by atomic mass is 35.5. The molecule has 1 saturated heterocycles. The maximum Gasteiger partial charge on any atom is 0.260 e. The average molecular weight is 684 g/mol. The van der Waals surface area contributed by atoms with E-state index in [1.165, 1.54) is 26.6 Å². The van der Waals surface area contributed by atoms with Crippen molar-refractivity contribution < 1.29 is 19.0 Å². The number of nitrogens with two attached hydrogens (primary N) is 1. The molecule has 1 aliphatic rings. The highest BCUT2D eigenvalue weighted by Crippen LogP contribution is 2.47. The Morgan fingerprint density at radius 3 is 2.26 bits per heavy atom. The first kappa shape index (κ1) is 33.9. The third-order valence-electron chi connectivity index (χ3n) is 7.21. The molecule has 5 aromatic rings. The maximum absolute atomic E-state index is 13.3.